The van der Waals surface area contributed by atoms with Crippen LogP contribution in [0.5, 0.6) is 0 Å². The second-order valence-corrected chi connectivity index (χ2v) is 22.5. The van der Waals surface area contributed by atoms with E-state index >= 15 is 0 Å². The van der Waals surface area contributed by atoms with Crippen LogP contribution in [0.25, 0.3) is 0 Å². The van der Waals surface area contributed by atoms with E-state index in [4.69, 9.17) is 9.05 Å². The van der Waals surface area contributed by atoms with E-state index < -0.39 is 20.0 Å². The summed E-state index contributed by atoms with van der Waals surface area (Å²) in [5, 5.41) is 13.9. The fourth-order valence-corrected chi connectivity index (χ4v) is 9.49. The third-order valence-electron chi connectivity index (χ3n) is 13.3. The molecule has 0 saturated heterocycles. The number of phosphoric acid groups is 1. The van der Waals surface area contributed by atoms with E-state index in [9.17, 15) is 19.4 Å². The summed E-state index contributed by atoms with van der Waals surface area (Å²) in [6, 6.07) is -0.840. The molecule has 3 unspecified atom stereocenters. The summed E-state index contributed by atoms with van der Waals surface area (Å²) in [6.45, 7) is 4.84. The van der Waals surface area contributed by atoms with Crippen LogP contribution in [-0.2, 0) is 18.4 Å². The predicted octanol–water partition coefficient (Wildman–Crippen LogP) is 17.0. The molecule has 3 N–H and O–H groups in total. The molecule has 0 radical (unpaired) electrons. The van der Waals surface area contributed by atoms with Crippen molar-refractivity contribution in [2.24, 2.45) is 0 Å². The summed E-state index contributed by atoms with van der Waals surface area (Å²) in [6.07, 6.45) is 59.0. The van der Waals surface area contributed by atoms with E-state index in [0.717, 1.165) is 32.1 Å². The van der Waals surface area contributed by atoms with E-state index in [1.807, 2.05) is 27.2 Å². The molecule has 0 spiro atoms. The third-order valence-corrected chi connectivity index (χ3v) is 14.2. The van der Waals surface area contributed by atoms with Crippen LogP contribution in [0.15, 0.2) is 12.2 Å². The summed E-state index contributed by atoms with van der Waals surface area (Å²) in [7, 11) is 1.59. The van der Waals surface area contributed by atoms with E-state index in [2.05, 4.69) is 19.2 Å². The quantitative estimate of drug-likeness (QED) is 0.0243. The number of carbonyl (C=O) groups is 1. The molecule has 0 aromatic rings. The number of unbranched alkanes of at least 4 members (excludes halogenated alkanes) is 40. The first-order chi connectivity index (χ1) is 31.5. The molecule has 0 aliphatic heterocycles. The Labute approximate surface area is 405 Å². The van der Waals surface area contributed by atoms with Crippen molar-refractivity contribution in [3.63, 3.8) is 0 Å². The molecule has 0 aromatic heterocycles. The lowest BCUT2D eigenvalue weighted by Crippen LogP contribution is -2.45. The molecule has 1 amide bonds. The SMILES string of the molecule is CCCCCCCCCCCCCCCCCCCCCCCCCCCCCCCC/C=C/C(O)C(COP(=O)(O)OCC[N+](C)(C)C)NC(=O)CCCCCCCCCCCCC. The molecule has 0 fully saturated rings. The Bertz CT molecular complexity index is 1070. The molecule has 388 valence electrons. The average molecular weight is 943 g/mol. The van der Waals surface area contributed by atoms with Gasteiger partial charge in [0.25, 0.3) is 0 Å². The zero-order valence-electron chi connectivity index (χ0n) is 44.3. The van der Waals surface area contributed by atoms with Crippen molar-refractivity contribution < 1.29 is 32.9 Å². The summed E-state index contributed by atoms with van der Waals surface area (Å²) < 4.78 is 23.6. The minimum atomic E-state index is -4.34. The van der Waals surface area contributed by atoms with Crippen molar-refractivity contribution in [3.05, 3.63) is 12.2 Å². The van der Waals surface area contributed by atoms with E-state index in [1.165, 1.54) is 238 Å². The molecular formula is C56H114N2O6P+. The van der Waals surface area contributed by atoms with Crippen molar-refractivity contribution in [1.82, 2.24) is 5.32 Å². The maximum Gasteiger partial charge on any atom is 0.472 e. The third kappa shape index (κ3) is 50.9. The predicted molar refractivity (Wildman–Crippen MR) is 282 cm³/mol. The van der Waals surface area contributed by atoms with Gasteiger partial charge in [0.1, 0.15) is 13.2 Å². The number of aliphatic hydroxyl groups is 1. The number of quaternary nitrogens is 1. The van der Waals surface area contributed by atoms with Gasteiger partial charge in [0.05, 0.1) is 39.9 Å². The highest BCUT2D eigenvalue weighted by molar-refractivity contribution is 7.47. The van der Waals surface area contributed by atoms with Crippen molar-refractivity contribution in [3.8, 4) is 0 Å². The van der Waals surface area contributed by atoms with Crippen LogP contribution in [0, 0.1) is 0 Å². The normalized spacial score (nSPS) is 14.0. The van der Waals surface area contributed by atoms with Gasteiger partial charge in [-0.2, -0.15) is 0 Å². The number of hydrogen-bond donors (Lipinski definition) is 3. The number of nitrogens with one attached hydrogen (secondary N) is 1. The fourth-order valence-electron chi connectivity index (χ4n) is 8.75. The zero-order chi connectivity index (χ0) is 47.8. The van der Waals surface area contributed by atoms with Gasteiger partial charge in [-0.15, -0.1) is 0 Å². The number of phosphoric ester groups is 1. The Morgan fingerprint density at radius 1 is 0.508 bits per heavy atom. The molecule has 0 rings (SSSR count). The second-order valence-electron chi connectivity index (χ2n) is 21.0. The van der Waals surface area contributed by atoms with E-state index in [-0.39, 0.29) is 19.1 Å². The topological polar surface area (TPSA) is 105 Å². The number of rotatable bonds is 53. The largest absolute Gasteiger partial charge is 0.472 e. The van der Waals surface area contributed by atoms with Crippen LogP contribution in [0.2, 0.25) is 0 Å². The van der Waals surface area contributed by atoms with Crippen LogP contribution < -0.4 is 5.32 Å². The van der Waals surface area contributed by atoms with Crippen LogP contribution in [-0.4, -0.2) is 73.4 Å². The maximum atomic E-state index is 12.9. The number of likely N-dealkylation sites (N-methyl/N-ethyl adjacent to an activating group) is 1. The molecule has 9 heteroatoms. The lowest BCUT2D eigenvalue weighted by molar-refractivity contribution is -0.870. The molecule has 3 atom stereocenters. The van der Waals surface area contributed by atoms with Gasteiger partial charge in [0.2, 0.25) is 5.91 Å². The first-order valence-electron chi connectivity index (χ1n) is 28.6. The van der Waals surface area contributed by atoms with Gasteiger partial charge in [0.15, 0.2) is 0 Å². The molecule has 8 nitrogen and oxygen atoms in total. The van der Waals surface area contributed by atoms with Crippen molar-refractivity contribution in [2.45, 2.75) is 302 Å². The lowest BCUT2D eigenvalue weighted by atomic mass is 10.0. The highest BCUT2D eigenvalue weighted by atomic mass is 31.2. The van der Waals surface area contributed by atoms with Gasteiger partial charge in [-0.1, -0.05) is 276 Å². The molecule has 0 aliphatic rings. The van der Waals surface area contributed by atoms with E-state index in [1.54, 1.807) is 6.08 Å². The molecule has 65 heavy (non-hydrogen) atoms. The number of hydrogen-bond acceptors (Lipinski definition) is 5. The number of amides is 1. The Morgan fingerprint density at radius 2 is 0.815 bits per heavy atom. The van der Waals surface area contributed by atoms with E-state index in [0.29, 0.717) is 17.4 Å². The van der Waals surface area contributed by atoms with Crippen LogP contribution in [0.4, 0.5) is 0 Å². The Kier molecular flexibility index (Phi) is 47.7. The van der Waals surface area contributed by atoms with Crippen molar-refractivity contribution in [2.75, 3.05) is 40.9 Å². The second kappa shape index (κ2) is 48.3. The molecule has 0 aromatic carbocycles. The molecule has 0 aliphatic carbocycles. The number of allylic oxidation sites excluding steroid dienone is 1. The Hall–Kier alpha value is -0.760. The Morgan fingerprint density at radius 3 is 1.14 bits per heavy atom. The summed E-state index contributed by atoms with van der Waals surface area (Å²) in [5.41, 5.74) is 0. The van der Waals surface area contributed by atoms with Crippen LogP contribution in [0.1, 0.15) is 290 Å². The first kappa shape index (κ1) is 64.2. The molecular weight excluding hydrogens is 828 g/mol. The average Bonchev–Trinajstić information content (AvgIpc) is 3.26. The minimum Gasteiger partial charge on any atom is -0.387 e. The number of nitrogens with zero attached hydrogens (tertiary/aromatic N) is 1. The lowest BCUT2D eigenvalue weighted by Gasteiger charge is -2.25. The molecule has 0 bridgehead atoms. The highest BCUT2D eigenvalue weighted by Crippen LogP contribution is 2.43. The minimum absolute atomic E-state index is 0.0648. The number of carbonyl (C=O) groups excluding carboxylic acids is 1. The van der Waals surface area contributed by atoms with Crippen LogP contribution in [0.3, 0.4) is 0 Å². The Balaban J connectivity index is 3.99. The smallest absolute Gasteiger partial charge is 0.387 e. The van der Waals surface area contributed by atoms with Gasteiger partial charge < -0.3 is 19.8 Å². The highest BCUT2D eigenvalue weighted by Gasteiger charge is 2.27. The standard InChI is InChI=1S/C56H113N2O6P/c1-6-8-10-12-14-16-18-19-20-21-22-23-24-25-26-27-28-29-30-31-32-33-34-35-36-37-38-40-41-43-45-47-49-55(59)54(53-64-65(61,62)63-52-51-58(3,4)5)57-56(60)50-48-46-44-42-39-17-15-13-11-9-7-2/h47,49,54-55,59H,6-46,48,50-53H2,1-5H3,(H-,57,60,61,62)/p+1/b49-47+. The van der Waals surface area contributed by atoms with Gasteiger partial charge in [-0.25, -0.2) is 4.57 Å². The first-order valence-corrected chi connectivity index (χ1v) is 30.1. The van der Waals surface area contributed by atoms with Gasteiger partial charge in [0, 0.05) is 6.42 Å². The monoisotopic (exact) mass is 942 g/mol. The van der Waals surface area contributed by atoms with Gasteiger partial charge in [-0.3, -0.25) is 13.8 Å². The summed E-state index contributed by atoms with van der Waals surface area (Å²) >= 11 is 0. The summed E-state index contributed by atoms with van der Waals surface area (Å²) in [4.78, 5) is 23.2. The van der Waals surface area contributed by atoms with Crippen LogP contribution >= 0.6 is 7.82 Å². The number of aliphatic hydroxyl groups excluding tert-OH is 1. The molecule has 0 saturated carbocycles. The van der Waals surface area contributed by atoms with Gasteiger partial charge >= 0.3 is 7.82 Å². The molecule has 0 heterocycles. The van der Waals surface area contributed by atoms with Crippen molar-refractivity contribution >= 4 is 13.7 Å². The van der Waals surface area contributed by atoms with Gasteiger partial charge in [-0.05, 0) is 19.3 Å². The fraction of sp³-hybridized carbons (Fsp3) is 0.946. The van der Waals surface area contributed by atoms with Crippen molar-refractivity contribution in [1.29, 1.82) is 0 Å². The summed E-state index contributed by atoms with van der Waals surface area (Å²) in [5.74, 6) is -0.174. The maximum absolute atomic E-state index is 12.9. The zero-order valence-corrected chi connectivity index (χ0v) is 45.2.